The molecule has 0 fully saturated rings. The smallest absolute Gasteiger partial charge is 0.253 e. The zero-order chi connectivity index (χ0) is 25.8. The zero-order valence-corrected chi connectivity index (χ0v) is 21.4. The Labute approximate surface area is 216 Å². The third kappa shape index (κ3) is 5.14. The average Bonchev–Trinajstić information content (AvgIpc) is 3.56. The standard InChI is InChI=1S/C29H31N7O/c1-4-5-13-26-31-25-12-8-11-24(29(37)30-19(2)3)27(25)36(26)18-20-14-16-21(17-15-20)22-9-6-7-10-23(22)28-32-34-35-33-28/h6-12,14-17,19H,4-5,13,18H2,1-3H3,(H,30,37)(H,32,33,34,35). The number of unbranched alkanes of at least 4 members (excludes halogenated alkanes) is 1. The molecule has 1 amide bonds. The normalized spacial score (nSPS) is 11.4. The molecule has 188 valence electrons. The maximum atomic E-state index is 13.1. The lowest BCUT2D eigenvalue weighted by molar-refractivity contribution is 0.0944. The first-order valence-corrected chi connectivity index (χ1v) is 12.8. The highest BCUT2D eigenvalue weighted by atomic mass is 16.1. The van der Waals surface area contributed by atoms with Gasteiger partial charge in [-0.1, -0.05) is 67.9 Å². The van der Waals surface area contributed by atoms with E-state index in [4.69, 9.17) is 4.98 Å². The van der Waals surface area contributed by atoms with Crippen molar-refractivity contribution in [1.29, 1.82) is 0 Å². The Balaban J connectivity index is 1.52. The van der Waals surface area contributed by atoms with E-state index in [0.717, 1.165) is 58.4 Å². The second-order valence-corrected chi connectivity index (χ2v) is 9.51. The number of tetrazole rings is 1. The maximum absolute atomic E-state index is 13.1. The number of H-pyrrole nitrogens is 1. The lowest BCUT2D eigenvalue weighted by Crippen LogP contribution is -2.30. The van der Waals surface area contributed by atoms with Crippen LogP contribution in [-0.4, -0.2) is 42.1 Å². The molecule has 0 atom stereocenters. The first kappa shape index (κ1) is 24.4. The lowest BCUT2D eigenvalue weighted by Gasteiger charge is -2.14. The number of fused-ring (bicyclic) bond motifs is 1. The van der Waals surface area contributed by atoms with Crippen LogP contribution in [0.3, 0.4) is 0 Å². The summed E-state index contributed by atoms with van der Waals surface area (Å²) in [5.41, 5.74) is 6.62. The first-order valence-electron chi connectivity index (χ1n) is 12.8. The number of nitrogens with one attached hydrogen (secondary N) is 2. The van der Waals surface area contributed by atoms with Crippen LogP contribution in [0.4, 0.5) is 0 Å². The van der Waals surface area contributed by atoms with Crippen LogP contribution in [0.1, 0.15) is 55.4 Å². The van der Waals surface area contributed by atoms with Gasteiger partial charge in [-0.15, -0.1) is 5.10 Å². The fourth-order valence-corrected chi connectivity index (χ4v) is 4.64. The molecule has 8 heteroatoms. The summed E-state index contributed by atoms with van der Waals surface area (Å²) in [5, 5.41) is 17.4. The fraction of sp³-hybridized carbons (Fsp3) is 0.276. The van der Waals surface area contributed by atoms with Crippen LogP contribution in [0.5, 0.6) is 0 Å². The van der Waals surface area contributed by atoms with Crippen LogP contribution in [0, 0.1) is 0 Å². The second-order valence-electron chi connectivity index (χ2n) is 9.51. The average molecular weight is 494 g/mol. The number of aryl methyl sites for hydroxylation is 1. The molecule has 0 aliphatic rings. The van der Waals surface area contributed by atoms with E-state index in [9.17, 15) is 4.79 Å². The van der Waals surface area contributed by atoms with Crippen LogP contribution < -0.4 is 5.32 Å². The minimum Gasteiger partial charge on any atom is -0.350 e. The summed E-state index contributed by atoms with van der Waals surface area (Å²) >= 11 is 0. The fourth-order valence-electron chi connectivity index (χ4n) is 4.64. The molecule has 0 aliphatic heterocycles. The number of nitrogens with zero attached hydrogens (tertiary/aromatic N) is 5. The van der Waals surface area contributed by atoms with E-state index in [1.54, 1.807) is 0 Å². The summed E-state index contributed by atoms with van der Waals surface area (Å²) in [4.78, 5) is 18.0. The van der Waals surface area contributed by atoms with Gasteiger partial charge >= 0.3 is 0 Å². The van der Waals surface area contributed by atoms with Crippen molar-refractivity contribution in [3.8, 4) is 22.5 Å². The molecular formula is C29H31N7O. The molecule has 3 aromatic carbocycles. The highest BCUT2D eigenvalue weighted by Crippen LogP contribution is 2.30. The summed E-state index contributed by atoms with van der Waals surface area (Å²) in [7, 11) is 0. The van der Waals surface area contributed by atoms with E-state index in [2.05, 4.69) is 67.8 Å². The van der Waals surface area contributed by atoms with Crippen LogP contribution in [0.15, 0.2) is 66.7 Å². The van der Waals surface area contributed by atoms with E-state index in [1.807, 2.05) is 50.2 Å². The minimum absolute atomic E-state index is 0.0573. The van der Waals surface area contributed by atoms with Gasteiger partial charge in [0.05, 0.1) is 16.6 Å². The Bertz CT molecular complexity index is 1500. The minimum atomic E-state index is -0.0716. The molecule has 0 unspecified atom stereocenters. The molecule has 2 aromatic heterocycles. The maximum Gasteiger partial charge on any atom is 0.253 e. The van der Waals surface area contributed by atoms with Gasteiger partial charge in [0.1, 0.15) is 5.82 Å². The lowest BCUT2D eigenvalue weighted by atomic mass is 9.98. The first-order chi connectivity index (χ1) is 18.0. The highest BCUT2D eigenvalue weighted by molar-refractivity contribution is 6.05. The Hall–Kier alpha value is -4.33. The van der Waals surface area contributed by atoms with Crippen molar-refractivity contribution in [3.63, 3.8) is 0 Å². The Morgan fingerprint density at radius 2 is 1.78 bits per heavy atom. The summed E-state index contributed by atoms with van der Waals surface area (Å²) in [5.74, 6) is 1.57. The molecule has 0 saturated heterocycles. The van der Waals surface area contributed by atoms with Gasteiger partial charge in [-0.3, -0.25) is 4.79 Å². The molecule has 0 aliphatic carbocycles. The SMILES string of the molecule is CCCCc1nc2cccc(C(=O)NC(C)C)c2n1Cc1ccc(-c2ccccc2-c2nnn[nH]2)cc1. The number of para-hydroxylation sites is 1. The van der Waals surface area contributed by atoms with Crippen molar-refractivity contribution in [3.05, 3.63) is 83.7 Å². The van der Waals surface area contributed by atoms with Crippen LogP contribution in [0.2, 0.25) is 0 Å². The van der Waals surface area contributed by atoms with Crippen LogP contribution >= 0.6 is 0 Å². The number of hydrogen-bond donors (Lipinski definition) is 2. The molecule has 0 saturated carbocycles. The summed E-state index contributed by atoms with van der Waals surface area (Å²) in [6.07, 6.45) is 2.99. The van der Waals surface area contributed by atoms with E-state index >= 15 is 0 Å². The predicted molar refractivity (Wildman–Crippen MR) is 145 cm³/mol. The molecule has 5 aromatic rings. The van der Waals surface area contributed by atoms with Crippen LogP contribution in [-0.2, 0) is 13.0 Å². The number of rotatable bonds is 9. The number of amides is 1. The molecule has 37 heavy (non-hydrogen) atoms. The number of hydrogen-bond acceptors (Lipinski definition) is 5. The van der Waals surface area contributed by atoms with Gasteiger partial charge in [0.15, 0.2) is 5.82 Å². The monoisotopic (exact) mass is 493 g/mol. The summed E-state index contributed by atoms with van der Waals surface area (Å²) in [6, 6.07) is 22.4. The number of aromatic amines is 1. The summed E-state index contributed by atoms with van der Waals surface area (Å²) < 4.78 is 2.21. The molecule has 0 spiro atoms. The van der Waals surface area contributed by atoms with Crippen molar-refractivity contribution in [2.24, 2.45) is 0 Å². The molecule has 0 bridgehead atoms. The van der Waals surface area contributed by atoms with E-state index in [-0.39, 0.29) is 11.9 Å². The van der Waals surface area contributed by atoms with Gasteiger partial charge in [-0.25, -0.2) is 10.1 Å². The van der Waals surface area contributed by atoms with E-state index < -0.39 is 0 Å². The number of benzene rings is 3. The second kappa shape index (κ2) is 10.7. The number of imidazole rings is 1. The van der Waals surface area contributed by atoms with Gasteiger partial charge in [0, 0.05) is 24.6 Å². The molecule has 2 heterocycles. The van der Waals surface area contributed by atoms with Crippen molar-refractivity contribution in [2.45, 2.75) is 52.6 Å². The Morgan fingerprint density at radius 1 is 1.00 bits per heavy atom. The van der Waals surface area contributed by atoms with Gasteiger partial charge < -0.3 is 9.88 Å². The van der Waals surface area contributed by atoms with Gasteiger partial charge in [0.25, 0.3) is 5.91 Å². The van der Waals surface area contributed by atoms with Gasteiger partial charge in [0.2, 0.25) is 0 Å². The van der Waals surface area contributed by atoms with Crippen molar-refractivity contribution in [1.82, 2.24) is 35.5 Å². The van der Waals surface area contributed by atoms with E-state index in [0.29, 0.717) is 17.9 Å². The third-order valence-corrected chi connectivity index (χ3v) is 6.40. The molecule has 2 N–H and O–H groups in total. The van der Waals surface area contributed by atoms with Crippen molar-refractivity contribution < 1.29 is 4.79 Å². The van der Waals surface area contributed by atoms with Crippen molar-refractivity contribution in [2.75, 3.05) is 0 Å². The highest BCUT2D eigenvalue weighted by Gasteiger charge is 2.19. The number of aromatic nitrogens is 6. The molecule has 8 nitrogen and oxygen atoms in total. The largest absolute Gasteiger partial charge is 0.350 e. The predicted octanol–water partition coefficient (Wildman–Crippen LogP) is 5.41. The molecular weight excluding hydrogens is 462 g/mol. The van der Waals surface area contributed by atoms with Gasteiger partial charge in [-0.05, 0) is 59.5 Å². The third-order valence-electron chi connectivity index (χ3n) is 6.40. The quantitative estimate of drug-likeness (QED) is 0.286. The van der Waals surface area contributed by atoms with E-state index in [1.165, 1.54) is 0 Å². The van der Waals surface area contributed by atoms with Crippen LogP contribution in [0.25, 0.3) is 33.5 Å². The topological polar surface area (TPSA) is 101 Å². The number of carbonyl (C=O) groups excluding carboxylic acids is 1. The van der Waals surface area contributed by atoms with Crippen molar-refractivity contribution >= 4 is 16.9 Å². The molecule has 5 rings (SSSR count). The zero-order valence-electron chi connectivity index (χ0n) is 21.4. The number of carbonyl (C=O) groups is 1. The van der Waals surface area contributed by atoms with Gasteiger partial charge in [-0.2, -0.15) is 0 Å². The Kier molecular flexibility index (Phi) is 7.07. The Morgan fingerprint density at radius 3 is 2.49 bits per heavy atom. The molecule has 0 radical (unpaired) electrons. The summed E-state index contributed by atoms with van der Waals surface area (Å²) in [6.45, 7) is 6.76.